The van der Waals surface area contributed by atoms with Crippen LogP contribution in [0.5, 0.6) is 0 Å². The molecule has 0 unspecified atom stereocenters. The fourth-order valence-corrected chi connectivity index (χ4v) is 1.76. The molecule has 0 aliphatic carbocycles. The lowest BCUT2D eigenvalue weighted by atomic mass is 10.1. The van der Waals surface area contributed by atoms with E-state index >= 15 is 0 Å². The molecule has 0 atom stereocenters. The number of rotatable bonds is 6. The van der Waals surface area contributed by atoms with Crippen LogP contribution in [0.1, 0.15) is 12.0 Å². The standard InChI is InChI=1S/C13H17N5O/c1-14-12(19)4-6-16-8-11-9-17-18-13(11)10-3-2-5-15-7-10/h2-3,5,7,9,16H,4,6,8H2,1H3,(H,14,19)(H,17,18). The lowest BCUT2D eigenvalue weighted by Crippen LogP contribution is -2.24. The highest BCUT2D eigenvalue weighted by molar-refractivity contribution is 5.75. The second-order valence-corrected chi connectivity index (χ2v) is 4.11. The summed E-state index contributed by atoms with van der Waals surface area (Å²) in [5.74, 6) is 0.0344. The average Bonchev–Trinajstić information content (AvgIpc) is 2.92. The molecule has 3 N–H and O–H groups in total. The third-order valence-electron chi connectivity index (χ3n) is 2.79. The maximum Gasteiger partial charge on any atom is 0.221 e. The van der Waals surface area contributed by atoms with Crippen LogP contribution in [-0.4, -0.2) is 34.7 Å². The second kappa shape index (κ2) is 6.65. The number of hydrogen-bond donors (Lipinski definition) is 3. The van der Waals surface area contributed by atoms with Crippen molar-refractivity contribution in [2.45, 2.75) is 13.0 Å². The highest BCUT2D eigenvalue weighted by atomic mass is 16.1. The molecule has 6 nitrogen and oxygen atoms in total. The predicted molar refractivity (Wildman–Crippen MR) is 72.2 cm³/mol. The van der Waals surface area contributed by atoms with E-state index in [1.807, 2.05) is 12.1 Å². The van der Waals surface area contributed by atoms with Gasteiger partial charge in [0.2, 0.25) is 5.91 Å². The third-order valence-corrected chi connectivity index (χ3v) is 2.79. The smallest absolute Gasteiger partial charge is 0.221 e. The van der Waals surface area contributed by atoms with Crippen LogP contribution in [-0.2, 0) is 11.3 Å². The average molecular weight is 259 g/mol. The molecule has 0 aromatic carbocycles. The van der Waals surface area contributed by atoms with Crippen molar-refractivity contribution in [1.82, 2.24) is 25.8 Å². The van der Waals surface area contributed by atoms with Gasteiger partial charge in [-0.15, -0.1) is 0 Å². The molecule has 0 aliphatic rings. The molecular formula is C13H17N5O. The number of hydrogen-bond acceptors (Lipinski definition) is 4. The van der Waals surface area contributed by atoms with Gasteiger partial charge < -0.3 is 10.6 Å². The summed E-state index contributed by atoms with van der Waals surface area (Å²) >= 11 is 0. The van der Waals surface area contributed by atoms with E-state index in [-0.39, 0.29) is 5.91 Å². The first kappa shape index (κ1) is 13.2. The molecule has 2 aromatic heterocycles. The summed E-state index contributed by atoms with van der Waals surface area (Å²) in [6.45, 7) is 1.30. The topological polar surface area (TPSA) is 82.7 Å². The molecule has 2 rings (SSSR count). The number of pyridine rings is 1. The Morgan fingerprint density at radius 1 is 1.42 bits per heavy atom. The van der Waals surface area contributed by atoms with Gasteiger partial charge in [0, 0.05) is 50.1 Å². The monoisotopic (exact) mass is 259 g/mol. The molecule has 0 radical (unpaired) electrons. The maximum absolute atomic E-state index is 11.1. The summed E-state index contributed by atoms with van der Waals surface area (Å²) in [7, 11) is 1.64. The van der Waals surface area contributed by atoms with Crippen molar-refractivity contribution in [3.63, 3.8) is 0 Å². The second-order valence-electron chi connectivity index (χ2n) is 4.11. The number of carbonyl (C=O) groups excluding carboxylic acids is 1. The van der Waals surface area contributed by atoms with Gasteiger partial charge in [-0.3, -0.25) is 14.9 Å². The Hall–Kier alpha value is -2.21. The Bertz CT molecular complexity index is 523. The fourth-order valence-electron chi connectivity index (χ4n) is 1.76. The molecule has 100 valence electrons. The number of amides is 1. The van der Waals surface area contributed by atoms with Gasteiger partial charge >= 0.3 is 0 Å². The first-order valence-corrected chi connectivity index (χ1v) is 6.15. The minimum absolute atomic E-state index is 0.0344. The Morgan fingerprint density at radius 2 is 2.32 bits per heavy atom. The largest absolute Gasteiger partial charge is 0.359 e. The van der Waals surface area contributed by atoms with Crippen molar-refractivity contribution < 1.29 is 4.79 Å². The Kier molecular flexibility index (Phi) is 4.63. The van der Waals surface area contributed by atoms with E-state index in [1.165, 1.54) is 0 Å². The zero-order chi connectivity index (χ0) is 13.5. The van der Waals surface area contributed by atoms with Crippen LogP contribution < -0.4 is 10.6 Å². The van der Waals surface area contributed by atoms with Crippen molar-refractivity contribution >= 4 is 5.91 Å². The van der Waals surface area contributed by atoms with E-state index in [2.05, 4.69) is 25.8 Å². The van der Waals surface area contributed by atoms with Gasteiger partial charge in [0.15, 0.2) is 0 Å². The zero-order valence-electron chi connectivity index (χ0n) is 10.8. The van der Waals surface area contributed by atoms with Crippen LogP contribution in [0.3, 0.4) is 0 Å². The predicted octanol–water partition coefficient (Wildman–Crippen LogP) is 0.697. The number of H-pyrrole nitrogens is 1. The van der Waals surface area contributed by atoms with Gasteiger partial charge in [-0.25, -0.2) is 0 Å². The van der Waals surface area contributed by atoms with Crippen LogP contribution in [0.25, 0.3) is 11.3 Å². The first-order chi connectivity index (χ1) is 9.31. The fraction of sp³-hybridized carbons (Fsp3) is 0.308. The minimum Gasteiger partial charge on any atom is -0.359 e. The molecule has 0 saturated carbocycles. The van der Waals surface area contributed by atoms with Crippen molar-refractivity contribution in [3.05, 3.63) is 36.3 Å². The summed E-state index contributed by atoms with van der Waals surface area (Å²) in [5, 5.41) is 12.8. The molecule has 2 heterocycles. The number of carbonyl (C=O) groups is 1. The number of nitrogens with one attached hydrogen (secondary N) is 3. The molecule has 19 heavy (non-hydrogen) atoms. The minimum atomic E-state index is 0.0344. The van der Waals surface area contributed by atoms with Crippen LogP contribution in [0.4, 0.5) is 0 Å². The summed E-state index contributed by atoms with van der Waals surface area (Å²) in [4.78, 5) is 15.2. The summed E-state index contributed by atoms with van der Waals surface area (Å²) in [5.41, 5.74) is 3.02. The van der Waals surface area contributed by atoms with Crippen molar-refractivity contribution in [2.24, 2.45) is 0 Å². The highest BCUT2D eigenvalue weighted by Crippen LogP contribution is 2.19. The molecule has 0 bridgehead atoms. The van der Waals surface area contributed by atoms with Crippen LogP contribution in [0.2, 0.25) is 0 Å². The van der Waals surface area contributed by atoms with Gasteiger partial charge in [-0.05, 0) is 12.1 Å². The molecular weight excluding hydrogens is 242 g/mol. The lowest BCUT2D eigenvalue weighted by Gasteiger charge is -2.05. The highest BCUT2D eigenvalue weighted by Gasteiger charge is 2.07. The van der Waals surface area contributed by atoms with Crippen LogP contribution in [0, 0.1) is 0 Å². The maximum atomic E-state index is 11.1. The zero-order valence-corrected chi connectivity index (χ0v) is 10.8. The van der Waals surface area contributed by atoms with Gasteiger partial charge in [0.1, 0.15) is 0 Å². The molecule has 0 saturated heterocycles. The Labute approximate surface area is 111 Å². The lowest BCUT2D eigenvalue weighted by molar-refractivity contribution is -0.120. The molecule has 1 amide bonds. The van der Waals surface area contributed by atoms with E-state index < -0.39 is 0 Å². The van der Waals surface area contributed by atoms with E-state index in [4.69, 9.17) is 0 Å². The van der Waals surface area contributed by atoms with E-state index in [9.17, 15) is 4.79 Å². The number of aromatic amines is 1. The molecule has 0 spiro atoms. The molecule has 2 aromatic rings. The van der Waals surface area contributed by atoms with Crippen LogP contribution in [0.15, 0.2) is 30.7 Å². The Morgan fingerprint density at radius 3 is 3.05 bits per heavy atom. The van der Waals surface area contributed by atoms with Crippen molar-refractivity contribution in [1.29, 1.82) is 0 Å². The van der Waals surface area contributed by atoms with E-state index in [0.717, 1.165) is 16.8 Å². The van der Waals surface area contributed by atoms with Gasteiger partial charge in [0.25, 0.3) is 0 Å². The van der Waals surface area contributed by atoms with Crippen molar-refractivity contribution in [3.8, 4) is 11.3 Å². The van der Waals surface area contributed by atoms with Gasteiger partial charge in [0.05, 0.1) is 11.9 Å². The normalized spacial score (nSPS) is 10.4. The first-order valence-electron chi connectivity index (χ1n) is 6.15. The molecule has 6 heteroatoms. The van der Waals surface area contributed by atoms with Crippen molar-refractivity contribution in [2.75, 3.05) is 13.6 Å². The molecule has 0 fully saturated rings. The SMILES string of the molecule is CNC(=O)CCNCc1cn[nH]c1-c1cccnc1. The number of aromatic nitrogens is 3. The summed E-state index contributed by atoms with van der Waals surface area (Å²) < 4.78 is 0. The number of nitrogens with zero attached hydrogens (tertiary/aromatic N) is 2. The summed E-state index contributed by atoms with van der Waals surface area (Å²) in [6, 6.07) is 3.87. The summed E-state index contributed by atoms with van der Waals surface area (Å²) in [6.07, 6.45) is 5.79. The van der Waals surface area contributed by atoms with E-state index in [1.54, 1.807) is 25.6 Å². The Balaban J connectivity index is 1.92. The van der Waals surface area contributed by atoms with Gasteiger partial charge in [-0.1, -0.05) is 0 Å². The van der Waals surface area contributed by atoms with Gasteiger partial charge in [-0.2, -0.15) is 5.10 Å². The molecule has 0 aliphatic heterocycles. The third kappa shape index (κ3) is 3.62. The van der Waals surface area contributed by atoms with Crippen LogP contribution >= 0.6 is 0 Å². The van der Waals surface area contributed by atoms with E-state index in [0.29, 0.717) is 19.5 Å². The quantitative estimate of drug-likeness (QED) is 0.667.